The first-order valence-corrected chi connectivity index (χ1v) is 6.00. The molecule has 1 aromatic rings. The summed E-state index contributed by atoms with van der Waals surface area (Å²) >= 11 is 0. The highest BCUT2D eigenvalue weighted by molar-refractivity contribution is 5.17. The summed E-state index contributed by atoms with van der Waals surface area (Å²) in [5, 5.41) is 0. The van der Waals surface area contributed by atoms with E-state index in [-0.39, 0.29) is 0 Å². The minimum atomic E-state index is 0.366. The SMILES string of the molecule is COCCCOCCOc1ncc(CN)c(C)n1. The molecule has 0 spiro atoms. The largest absolute Gasteiger partial charge is 0.461 e. The summed E-state index contributed by atoms with van der Waals surface area (Å²) in [5.74, 6) is 0. The number of nitrogens with zero attached hydrogens (tertiary/aromatic N) is 2. The molecule has 2 N–H and O–H groups in total. The van der Waals surface area contributed by atoms with E-state index in [1.807, 2.05) is 6.92 Å². The van der Waals surface area contributed by atoms with Gasteiger partial charge in [-0.2, -0.15) is 0 Å². The number of aromatic nitrogens is 2. The Bertz CT molecular complexity index is 347. The Morgan fingerprint density at radius 1 is 1.22 bits per heavy atom. The van der Waals surface area contributed by atoms with E-state index in [0.717, 1.165) is 17.7 Å². The monoisotopic (exact) mass is 255 g/mol. The molecular formula is C12H21N3O3. The maximum Gasteiger partial charge on any atom is 0.316 e. The minimum absolute atomic E-state index is 0.366. The number of hydrogen-bond acceptors (Lipinski definition) is 6. The molecule has 0 unspecified atom stereocenters. The predicted molar refractivity (Wildman–Crippen MR) is 67.5 cm³/mol. The van der Waals surface area contributed by atoms with E-state index >= 15 is 0 Å². The number of hydrogen-bond donors (Lipinski definition) is 1. The summed E-state index contributed by atoms with van der Waals surface area (Å²) in [6, 6.07) is 0.366. The Hall–Kier alpha value is -1.24. The topological polar surface area (TPSA) is 79.5 Å². The molecule has 1 rings (SSSR count). The van der Waals surface area contributed by atoms with E-state index in [4.69, 9.17) is 19.9 Å². The summed E-state index contributed by atoms with van der Waals surface area (Å²) < 4.78 is 15.6. The number of nitrogens with two attached hydrogens (primary N) is 1. The van der Waals surface area contributed by atoms with Crippen LogP contribution in [0.2, 0.25) is 0 Å². The fourth-order valence-electron chi connectivity index (χ4n) is 1.34. The second kappa shape index (κ2) is 8.79. The van der Waals surface area contributed by atoms with Gasteiger partial charge in [0.05, 0.1) is 6.61 Å². The van der Waals surface area contributed by atoms with Gasteiger partial charge in [0.25, 0.3) is 0 Å². The van der Waals surface area contributed by atoms with Crippen LogP contribution in [0.25, 0.3) is 0 Å². The van der Waals surface area contributed by atoms with E-state index in [0.29, 0.717) is 39.0 Å². The van der Waals surface area contributed by atoms with Crippen molar-refractivity contribution in [3.05, 3.63) is 17.5 Å². The molecule has 0 saturated heterocycles. The van der Waals surface area contributed by atoms with E-state index in [1.165, 1.54) is 0 Å². The number of aryl methyl sites for hydroxylation is 1. The number of ether oxygens (including phenoxy) is 3. The maximum atomic E-state index is 5.53. The van der Waals surface area contributed by atoms with Gasteiger partial charge in [-0.1, -0.05) is 0 Å². The van der Waals surface area contributed by atoms with E-state index in [9.17, 15) is 0 Å². The zero-order valence-electron chi connectivity index (χ0n) is 11.0. The van der Waals surface area contributed by atoms with Crippen molar-refractivity contribution in [3.8, 4) is 6.01 Å². The molecule has 1 aromatic heterocycles. The lowest BCUT2D eigenvalue weighted by Gasteiger charge is -2.07. The average Bonchev–Trinajstić information content (AvgIpc) is 2.38. The summed E-state index contributed by atoms with van der Waals surface area (Å²) in [5.41, 5.74) is 7.31. The molecule has 6 nitrogen and oxygen atoms in total. The van der Waals surface area contributed by atoms with Crippen LogP contribution in [0.1, 0.15) is 17.7 Å². The number of methoxy groups -OCH3 is 1. The van der Waals surface area contributed by atoms with Crippen LogP contribution in [0.3, 0.4) is 0 Å². The summed E-state index contributed by atoms with van der Waals surface area (Å²) in [6.07, 6.45) is 2.58. The molecule has 0 aliphatic carbocycles. The quantitative estimate of drug-likeness (QED) is 0.653. The first-order valence-electron chi connectivity index (χ1n) is 6.00. The van der Waals surface area contributed by atoms with Crippen LogP contribution in [0.15, 0.2) is 6.20 Å². The van der Waals surface area contributed by atoms with Gasteiger partial charge in [-0.25, -0.2) is 9.97 Å². The van der Waals surface area contributed by atoms with Gasteiger partial charge in [0.2, 0.25) is 0 Å². The van der Waals surface area contributed by atoms with Gasteiger partial charge in [-0.05, 0) is 13.3 Å². The molecule has 0 fully saturated rings. The highest BCUT2D eigenvalue weighted by Gasteiger charge is 2.02. The minimum Gasteiger partial charge on any atom is -0.461 e. The average molecular weight is 255 g/mol. The van der Waals surface area contributed by atoms with Crippen LogP contribution in [0.4, 0.5) is 0 Å². The Morgan fingerprint density at radius 2 is 2.06 bits per heavy atom. The van der Waals surface area contributed by atoms with Crippen LogP contribution in [0.5, 0.6) is 6.01 Å². The Morgan fingerprint density at radius 3 is 2.72 bits per heavy atom. The third-order valence-corrected chi connectivity index (χ3v) is 2.37. The molecule has 0 aliphatic rings. The predicted octanol–water partition coefficient (Wildman–Crippen LogP) is 0.676. The lowest BCUT2D eigenvalue weighted by molar-refractivity contribution is 0.0782. The van der Waals surface area contributed by atoms with Crippen molar-refractivity contribution >= 4 is 0 Å². The maximum absolute atomic E-state index is 5.53. The van der Waals surface area contributed by atoms with Crippen molar-refractivity contribution in [2.45, 2.75) is 19.9 Å². The standard InChI is InChI=1S/C12H21N3O3/c1-10-11(8-13)9-14-12(15-10)18-7-6-17-5-3-4-16-2/h9H,3-8,13H2,1-2H3. The van der Waals surface area contributed by atoms with Gasteiger partial charge in [0, 0.05) is 44.3 Å². The summed E-state index contributed by atoms with van der Waals surface area (Å²) in [7, 11) is 1.67. The molecule has 0 aromatic carbocycles. The van der Waals surface area contributed by atoms with Crippen LogP contribution in [-0.2, 0) is 16.0 Å². The lowest BCUT2D eigenvalue weighted by Crippen LogP contribution is -2.11. The summed E-state index contributed by atoms with van der Waals surface area (Å²) in [4.78, 5) is 8.27. The van der Waals surface area contributed by atoms with Crippen LogP contribution in [-0.4, -0.2) is 43.5 Å². The van der Waals surface area contributed by atoms with Gasteiger partial charge >= 0.3 is 6.01 Å². The van der Waals surface area contributed by atoms with Gasteiger partial charge in [-0.15, -0.1) is 0 Å². The fourth-order valence-corrected chi connectivity index (χ4v) is 1.34. The lowest BCUT2D eigenvalue weighted by atomic mass is 10.2. The second-order valence-electron chi connectivity index (χ2n) is 3.77. The first-order chi connectivity index (χ1) is 8.77. The zero-order chi connectivity index (χ0) is 13.2. The number of rotatable bonds is 9. The summed E-state index contributed by atoms with van der Waals surface area (Å²) in [6.45, 7) is 4.67. The van der Waals surface area contributed by atoms with Crippen LogP contribution >= 0.6 is 0 Å². The molecule has 0 radical (unpaired) electrons. The van der Waals surface area contributed by atoms with Gasteiger partial charge in [0.15, 0.2) is 0 Å². The molecule has 6 heteroatoms. The molecule has 0 saturated carbocycles. The third-order valence-electron chi connectivity index (χ3n) is 2.37. The Kier molecular flexibility index (Phi) is 7.24. The molecule has 0 bridgehead atoms. The molecular weight excluding hydrogens is 234 g/mol. The van der Waals surface area contributed by atoms with Crippen molar-refractivity contribution in [2.75, 3.05) is 33.5 Å². The van der Waals surface area contributed by atoms with E-state index in [2.05, 4.69) is 9.97 Å². The highest BCUT2D eigenvalue weighted by Crippen LogP contribution is 2.07. The Labute approximate surface area is 107 Å². The molecule has 1 heterocycles. The van der Waals surface area contributed by atoms with Crippen molar-refractivity contribution < 1.29 is 14.2 Å². The van der Waals surface area contributed by atoms with Gasteiger partial charge in [0.1, 0.15) is 6.61 Å². The third kappa shape index (κ3) is 5.39. The zero-order valence-corrected chi connectivity index (χ0v) is 11.0. The smallest absolute Gasteiger partial charge is 0.316 e. The second-order valence-corrected chi connectivity index (χ2v) is 3.77. The highest BCUT2D eigenvalue weighted by atomic mass is 16.5. The molecule has 0 amide bonds. The molecule has 102 valence electrons. The van der Waals surface area contributed by atoms with Crippen molar-refractivity contribution in [2.24, 2.45) is 5.73 Å². The van der Waals surface area contributed by atoms with Crippen LogP contribution in [0, 0.1) is 6.92 Å². The van der Waals surface area contributed by atoms with E-state index in [1.54, 1.807) is 13.3 Å². The van der Waals surface area contributed by atoms with Crippen molar-refractivity contribution in [1.82, 2.24) is 9.97 Å². The fraction of sp³-hybridized carbons (Fsp3) is 0.667. The molecule has 0 atom stereocenters. The van der Waals surface area contributed by atoms with Crippen molar-refractivity contribution in [1.29, 1.82) is 0 Å². The normalized spacial score (nSPS) is 10.6. The first kappa shape index (κ1) is 14.8. The van der Waals surface area contributed by atoms with Crippen molar-refractivity contribution in [3.63, 3.8) is 0 Å². The van der Waals surface area contributed by atoms with Gasteiger partial charge in [-0.3, -0.25) is 0 Å². The molecule has 18 heavy (non-hydrogen) atoms. The van der Waals surface area contributed by atoms with Crippen LogP contribution < -0.4 is 10.5 Å². The van der Waals surface area contributed by atoms with Gasteiger partial charge < -0.3 is 19.9 Å². The molecule has 0 aliphatic heterocycles. The Balaban J connectivity index is 2.17. The van der Waals surface area contributed by atoms with E-state index < -0.39 is 0 Å².